The Hall–Kier alpha value is -1.74. The second-order valence-corrected chi connectivity index (χ2v) is 5.03. The summed E-state index contributed by atoms with van der Waals surface area (Å²) in [5, 5.41) is 3.55. The van der Waals surface area contributed by atoms with Crippen LogP contribution in [-0.4, -0.2) is 13.2 Å². The van der Waals surface area contributed by atoms with Crippen LogP contribution in [-0.2, 0) is 6.42 Å². The van der Waals surface area contributed by atoms with Gasteiger partial charge >= 0.3 is 0 Å². The minimum Gasteiger partial charge on any atom is -0.493 e. The highest BCUT2D eigenvalue weighted by Crippen LogP contribution is 2.32. The number of rotatable bonds is 8. The van der Waals surface area contributed by atoms with Gasteiger partial charge in [0, 0.05) is 17.5 Å². The van der Waals surface area contributed by atoms with E-state index >= 15 is 0 Å². The van der Waals surface area contributed by atoms with Crippen molar-refractivity contribution in [2.24, 2.45) is 0 Å². The summed E-state index contributed by atoms with van der Waals surface area (Å²) in [7, 11) is 0. The van der Waals surface area contributed by atoms with E-state index in [1.54, 1.807) is 6.26 Å². The third-order valence-corrected chi connectivity index (χ3v) is 3.51. The first-order valence-corrected chi connectivity index (χ1v) is 7.83. The molecule has 1 atom stereocenters. The Labute approximate surface area is 127 Å². The van der Waals surface area contributed by atoms with E-state index in [1.807, 2.05) is 12.1 Å². The predicted molar refractivity (Wildman–Crippen MR) is 85.8 cm³/mol. The summed E-state index contributed by atoms with van der Waals surface area (Å²) in [6.07, 6.45) is 3.67. The van der Waals surface area contributed by atoms with Crippen molar-refractivity contribution in [3.63, 3.8) is 0 Å². The van der Waals surface area contributed by atoms with Crippen LogP contribution in [0.4, 0.5) is 0 Å². The molecular weight excluding hydrogens is 262 g/mol. The number of ether oxygens (including phenoxy) is 1. The van der Waals surface area contributed by atoms with Crippen molar-refractivity contribution in [2.75, 3.05) is 13.2 Å². The Kier molecular flexibility index (Phi) is 5.88. The molecule has 21 heavy (non-hydrogen) atoms. The highest BCUT2D eigenvalue weighted by atomic mass is 16.5. The minimum absolute atomic E-state index is 0.108. The number of nitrogens with one attached hydrogen (secondary N) is 1. The molecule has 2 rings (SSSR count). The third kappa shape index (κ3) is 3.67. The fourth-order valence-electron chi connectivity index (χ4n) is 2.55. The summed E-state index contributed by atoms with van der Waals surface area (Å²) in [5.41, 5.74) is 2.37. The molecule has 0 aliphatic heterocycles. The molecule has 0 saturated carbocycles. The van der Waals surface area contributed by atoms with Gasteiger partial charge in [0.2, 0.25) is 0 Å². The quantitative estimate of drug-likeness (QED) is 0.784. The fraction of sp³-hybridized carbons (Fsp3) is 0.444. The highest BCUT2D eigenvalue weighted by Gasteiger charge is 2.21. The lowest BCUT2D eigenvalue weighted by Gasteiger charge is -2.21. The van der Waals surface area contributed by atoms with Gasteiger partial charge in [-0.05, 0) is 25.1 Å². The monoisotopic (exact) mass is 287 g/mol. The maximum Gasteiger partial charge on any atom is 0.124 e. The van der Waals surface area contributed by atoms with E-state index in [2.05, 4.69) is 44.3 Å². The minimum atomic E-state index is 0.108. The molecule has 1 aromatic heterocycles. The SMILES string of the molecule is CCCOc1ccccc1C(NCC)c1ccoc1CC. The lowest BCUT2D eigenvalue weighted by Crippen LogP contribution is -2.23. The molecule has 0 saturated heterocycles. The van der Waals surface area contributed by atoms with Crippen LogP contribution in [0, 0.1) is 0 Å². The molecule has 0 aliphatic carbocycles. The molecule has 114 valence electrons. The maximum absolute atomic E-state index is 5.91. The molecular formula is C18H25NO2. The topological polar surface area (TPSA) is 34.4 Å². The van der Waals surface area contributed by atoms with E-state index in [9.17, 15) is 0 Å². The van der Waals surface area contributed by atoms with Crippen molar-refractivity contribution in [2.45, 2.75) is 39.7 Å². The van der Waals surface area contributed by atoms with E-state index in [0.717, 1.165) is 37.5 Å². The molecule has 1 unspecified atom stereocenters. The van der Waals surface area contributed by atoms with Gasteiger partial charge in [-0.3, -0.25) is 0 Å². The zero-order valence-electron chi connectivity index (χ0n) is 13.2. The zero-order chi connectivity index (χ0) is 15.1. The van der Waals surface area contributed by atoms with Crippen molar-refractivity contribution in [3.8, 4) is 5.75 Å². The average molecular weight is 287 g/mol. The van der Waals surface area contributed by atoms with E-state index < -0.39 is 0 Å². The first-order chi connectivity index (χ1) is 10.3. The summed E-state index contributed by atoms with van der Waals surface area (Å²) < 4.78 is 11.5. The van der Waals surface area contributed by atoms with E-state index in [4.69, 9.17) is 9.15 Å². The Bertz CT molecular complexity index is 548. The third-order valence-electron chi connectivity index (χ3n) is 3.51. The van der Waals surface area contributed by atoms with Crippen molar-refractivity contribution >= 4 is 0 Å². The van der Waals surface area contributed by atoms with Crippen LogP contribution >= 0.6 is 0 Å². The van der Waals surface area contributed by atoms with Gasteiger partial charge < -0.3 is 14.5 Å². The molecule has 0 fully saturated rings. The first kappa shape index (κ1) is 15.6. The lowest BCUT2D eigenvalue weighted by molar-refractivity contribution is 0.311. The number of hydrogen-bond donors (Lipinski definition) is 1. The second kappa shape index (κ2) is 7.89. The largest absolute Gasteiger partial charge is 0.493 e. The second-order valence-electron chi connectivity index (χ2n) is 5.03. The molecule has 0 radical (unpaired) electrons. The number of para-hydroxylation sites is 1. The van der Waals surface area contributed by atoms with Gasteiger partial charge in [0.05, 0.1) is 18.9 Å². The molecule has 1 N–H and O–H groups in total. The first-order valence-electron chi connectivity index (χ1n) is 7.83. The van der Waals surface area contributed by atoms with Crippen LogP contribution in [0.3, 0.4) is 0 Å². The predicted octanol–water partition coefficient (Wildman–Crippen LogP) is 4.33. The van der Waals surface area contributed by atoms with Gasteiger partial charge in [0.15, 0.2) is 0 Å². The summed E-state index contributed by atoms with van der Waals surface area (Å²) in [4.78, 5) is 0. The summed E-state index contributed by atoms with van der Waals surface area (Å²) >= 11 is 0. The molecule has 0 aliphatic rings. The molecule has 0 bridgehead atoms. The van der Waals surface area contributed by atoms with E-state index in [1.165, 1.54) is 11.1 Å². The molecule has 1 heterocycles. The normalized spacial score (nSPS) is 12.3. The van der Waals surface area contributed by atoms with Crippen LogP contribution in [0.25, 0.3) is 0 Å². The lowest BCUT2D eigenvalue weighted by atomic mass is 9.97. The van der Waals surface area contributed by atoms with Crippen LogP contribution < -0.4 is 10.1 Å². The zero-order valence-corrected chi connectivity index (χ0v) is 13.2. The van der Waals surface area contributed by atoms with Crippen molar-refractivity contribution in [1.82, 2.24) is 5.32 Å². The van der Waals surface area contributed by atoms with Crippen LogP contribution in [0.5, 0.6) is 5.75 Å². The Morgan fingerprint density at radius 2 is 1.90 bits per heavy atom. The number of benzene rings is 1. The number of hydrogen-bond acceptors (Lipinski definition) is 3. The van der Waals surface area contributed by atoms with Gasteiger partial charge in [0.1, 0.15) is 11.5 Å². The van der Waals surface area contributed by atoms with Gasteiger partial charge in [0.25, 0.3) is 0 Å². The summed E-state index contributed by atoms with van der Waals surface area (Å²) in [6.45, 7) is 7.98. The molecule has 3 heteroatoms. The Morgan fingerprint density at radius 1 is 1.10 bits per heavy atom. The van der Waals surface area contributed by atoms with E-state index in [0.29, 0.717) is 0 Å². The van der Waals surface area contributed by atoms with Gasteiger partial charge in [-0.15, -0.1) is 0 Å². The molecule has 3 nitrogen and oxygen atoms in total. The average Bonchev–Trinajstić information content (AvgIpc) is 2.99. The van der Waals surface area contributed by atoms with Crippen LogP contribution in [0.1, 0.15) is 50.1 Å². The van der Waals surface area contributed by atoms with Crippen molar-refractivity contribution < 1.29 is 9.15 Å². The van der Waals surface area contributed by atoms with Gasteiger partial charge in [-0.2, -0.15) is 0 Å². The fourth-order valence-corrected chi connectivity index (χ4v) is 2.55. The Balaban J connectivity index is 2.38. The smallest absolute Gasteiger partial charge is 0.124 e. The molecule has 0 amide bonds. The van der Waals surface area contributed by atoms with Gasteiger partial charge in [-0.1, -0.05) is 39.0 Å². The van der Waals surface area contributed by atoms with Crippen molar-refractivity contribution in [1.29, 1.82) is 0 Å². The standard InChI is InChI=1S/C18H25NO2/c1-4-12-20-17-10-8-7-9-14(17)18(19-6-3)15-11-13-21-16(15)5-2/h7-11,13,18-19H,4-6,12H2,1-3H3. The Morgan fingerprint density at radius 3 is 2.62 bits per heavy atom. The van der Waals surface area contributed by atoms with E-state index in [-0.39, 0.29) is 6.04 Å². The van der Waals surface area contributed by atoms with Crippen molar-refractivity contribution in [3.05, 3.63) is 53.5 Å². The molecule has 2 aromatic rings. The summed E-state index contributed by atoms with van der Waals surface area (Å²) in [6, 6.07) is 10.4. The highest BCUT2D eigenvalue weighted by molar-refractivity contribution is 5.42. The number of furan rings is 1. The molecule has 0 spiro atoms. The summed E-state index contributed by atoms with van der Waals surface area (Å²) in [5.74, 6) is 1.99. The van der Waals surface area contributed by atoms with Gasteiger partial charge in [-0.25, -0.2) is 0 Å². The van der Waals surface area contributed by atoms with Crippen LogP contribution in [0.15, 0.2) is 41.0 Å². The van der Waals surface area contributed by atoms with Crippen LogP contribution in [0.2, 0.25) is 0 Å². The maximum atomic E-state index is 5.91. The number of aryl methyl sites for hydroxylation is 1. The molecule has 1 aromatic carbocycles.